The normalized spacial score (nSPS) is 12.9. The number of aryl methyl sites for hydroxylation is 1. The summed E-state index contributed by atoms with van der Waals surface area (Å²) in [5, 5.41) is 9.18. The third-order valence-electron chi connectivity index (χ3n) is 2.18. The molecule has 0 aliphatic rings. The van der Waals surface area contributed by atoms with Crippen LogP contribution in [0, 0.1) is 12.8 Å². The lowest BCUT2D eigenvalue weighted by atomic mass is 10.0. The maximum Gasteiger partial charge on any atom is 0.291 e. The number of aromatic nitrogens is 3. The second-order valence-corrected chi connectivity index (χ2v) is 3.80. The van der Waals surface area contributed by atoms with Gasteiger partial charge in [-0.1, -0.05) is 13.8 Å². The van der Waals surface area contributed by atoms with E-state index in [1.54, 1.807) is 6.92 Å². The van der Waals surface area contributed by atoms with Gasteiger partial charge < -0.3 is 11.1 Å². The summed E-state index contributed by atoms with van der Waals surface area (Å²) >= 11 is 0. The minimum Gasteiger partial charge on any atom is -0.345 e. The van der Waals surface area contributed by atoms with Crippen molar-refractivity contribution in [1.82, 2.24) is 20.5 Å². The molecule has 0 aliphatic heterocycles. The van der Waals surface area contributed by atoms with E-state index in [-0.39, 0.29) is 17.8 Å². The molecule has 1 aromatic rings. The van der Waals surface area contributed by atoms with E-state index >= 15 is 0 Å². The van der Waals surface area contributed by atoms with E-state index in [0.717, 1.165) is 0 Å². The van der Waals surface area contributed by atoms with Crippen molar-refractivity contribution in [1.29, 1.82) is 0 Å². The SMILES string of the molecule is Cc1nc(C(=O)NC(CN)C(C)C)n[nH]1. The Morgan fingerprint density at radius 2 is 2.27 bits per heavy atom. The van der Waals surface area contributed by atoms with Crippen molar-refractivity contribution >= 4 is 5.91 Å². The van der Waals surface area contributed by atoms with Crippen molar-refractivity contribution in [3.05, 3.63) is 11.6 Å². The summed E-state index contributed by atoms with van der Waals surface area (Å²) in [4.78, 5) is 15.6. The Hall–Kier alpha value is -1.43. The van der Waals surface area contributed by atoms with Gasteiger partial charge in [-0.05, 0) is 12.8 Å². The fourth-order valence-corrected chi connectivity index (χ4v) is 1.17. The van der Waals surface area contributed by atoms with E-state index in [9.17, 15) is 4.79 Å². The smallest absolute Gasteiger partial charge is 0.291 e. The number of rotatable bonds is 4. The molecule has 1 heterocycles. The first-order valence-electron chi connectivity index (χ1n) is 4.94. The van der Waals surface area contributed by atoms with Gasteiger partial charge in [0.05, 0.1) is 0 Å². The van der Waals surface area contributed by atoms with Crippen LogP contribution in [-0.2, 0) is 0 Å². The van der Waals surface area contributed by atoms with E-state index in [1.807, 2.05) is 13.8 Å². The highest BCUT2D eigenvalue weighted by Crippen LogP contribution is 2.00. The summed E-state index contributed by atoms with van der Waals surface area (Å²) in [6.07, 6.45) is 0. The number of nitrogens with two attached hydrogens (primary N) is 1. The summed E-state index contributed by atoms with van der Waals surface area (Å²) in [5.41, 5.74) is 5.54. The molecule has 0 aliphatic carbocycles. The first kappa shape index (κ1) is 11.6. The number of carbonyl (C=O) groups excluding carboxylic acids is 1. The zero-order valence-electron chi connectivity index (χ0n) is 9.24. The Balaban J connectivity index is 2.62. The molecule has 0 bridgehead atoms. The predicted octanol–water partition coefficient (Wildman–Crippen LogP) is -0.174. The van der Waals surface area contributed by atoms with Gasteiger partial charge in [0.1, 0.15) is 5.82 Å². The standard InChI is InChI=1S/C9H17N5O/c1-5(2)7(4-10)12-9(15)8-11-6(3)13-14-8/h5,7H,4,10H2,1-3H3,(H,12,15)(H,11,13,14). The average molecular weight is 211 g/mol. The molecule has 0 saturated heterocycles. The van der Waals surface area contributed by atoms with E-state index in [0.29, 0.717) is 18.3 Å². The number of H-pyrrole nitrogens is 1. The van der Waals surface area contributed by atoms with E-state index in [2.05, 4.69) is 20.5 Å². The Bertz CT molecular complexity index is 333. The third-order valence-corrected chi connectivity index (χ3v) is 2.18. The number of carbonyl (C=O) groups is 1. The minimum absolute atomic E-state index is 0.0451. The number of aromatic amines is 1. The summed E-state index contributed by atoms with van der Waals surface area (Å²) in [5.74, 6) is 0.781. The molecule has 1 amide bonds. The lowest BCUT2D eigenvalue weighted by Crippen LogP contribution is -2.44. The van der Waals surface area contributed by atoms with Gasteiger partial charge in [-0.15, -0.1) is 5.10 Å². The third kappa shape index (κ3) is 3.02. The quantitative estimate of drug-likeness (QED) is 0.644. The molecule has 15 heavy (non-hydrogen) atoms. The van der Waals surface area contributed by atoms with E-state index < -0.39 is 0 Å². The number of nitrogens with zero attached hydrogens (tertiary/aromatic N) is 2. The van der Waals surface area contributed by atoms with E-state index in [1.165, 1.54) is 0 Å². The number of hydrogen-bond acceptors (Lipinski definition) is 4. The van der Waals surface area contributed by atoms with Crippen molar-refractivity contribution in [2.24, 2.45) is 11.7 Å². The predicted molar refractivity (Wildman–Crippen MR) is 56.3 cm³/mol. The molecule has 1 aromatic heterocycles. The zero-order chi connectivity index (χ0) is 11.4. The van der Waals surface area contributed by atoms with Crippen LogP contribution in [0.15, 0.2) is 0 Å². The Kier molecular flexibility index (Phi) is 3.79. The maximum atomic E-state index is 11.6. The Morgan fingerprint density at radius 3 is 2.67 bits per heavy atom. The molecule has 0 fully saturated rings. The van der Waals surface area contributed by atoms with Crippen molar-refractivity contribution in [2.45, 2.75) is 26.8 Å². The van der Waals surface area contributed by atoms with Gasteiger partial charge in [-0.25, -0.2) is 4.98 Å². The molecule has 4 N–H and O–H groups in total. The fraction of sp³-hybridized carbons (Fsp3) is 0.667. The number of amides is 1. The van der Waals surface area contributed by atoms with Crippen LogP contribution >= 0.6 is 0 Å². The molecule has 1 unspecified atom stereocenters. The van der Waals surface area contributed by atoms with Gasteiger partial charge in [0.25, 0.3) is 5.91 Å². The molecule has 0 saturated carbocycles. The van der Waals surface area contributed by atoms with Crippen molar-refractivity contribution < 1.29 is 4.79 Å². The first-order valence-corrected chi connectivity index (χ1v) is 4.94. The van der Waals surface area contributed by atoms with Gasteiger partial charge in [0.15, 0.2) is 0 Å². The molecule has 0 spiro atoms. The molecule has 0 aromatic carbocycles. The largest absolute Gasteiger partial charge is 0.345 e. The van der Waals surface area contributed by atoms with Crippen molar-refractivity contribution in [3.63, 3.8) is 0 Å². The van der Waals surface area contributed by atoms with Crippen LogP contribution in [0.25, 0.3) is 0 Å². The highest BCUT2D eigenvalue weighted by atomic mass is 16.2. The molecule has 1 atom stereocenters. The van der Waals surface area contributed by atoms with Gasteiger partial charge in [0, 0.05) is 12.6 Å². The van der Waals surface area contributed by atoms with Gasteiger partial charge >= 0.3 is 0 Å². The lowest BCUT2D eigenvalue weighted by molar-refractivity contribution is 0.0917. The Morgan fingerprint density at radius 1 is 1.60 bits per heavy atom. The maximum absolute atomic E-state index is 11.6. The molecule has 0 radical (unpaired) electrons. The first-order chi connectivity index (χ1) is 7.04. The average Bonchev–Trinajstić information content (AvgIpc) is 2.60. The Labute approximate surface area is 88.7 Å². The van der Waals surface area contributed by atoms with Crippen LogP contribution < -0.4 is 11.1 Å². The van der Waals surface area contributed by atoms with Gasteiger partial charge in [-0.3, -0.25) is 9.89 Å². The molecular weight excluding hydrogens is 194 g/mol. The molecule has 6 heteroatoms. The molecular formula is C9H17N5O. The van der Waals surface area contributed by atoms with Crippen LogP contribution in [0.1, 0.15) is 30.3 Å². The minimum atomic E-state index is -0.288. The second-order valence-electron chi connectivity index (χ2n) is 3.80. The van der Waals surface area contributed by atoms with Crippen LogP contribution in [0.4, 0.5) is 0 Å². The van der Waals surface area contributed by atoms with Crippen LogP contribution in [0.5, 0.6) is 0 Å². The van der Waals surface area contributed by atoms with Crippen molar-refractivity contribution in [2.75, 3.05) is 6.54 Å². The van der Waals surface area contributed by atoms with Crippen LogP contribution in [-0.4, -0.2) is 33.7 Å². The van der Waals surface area contributed by atoms with Crippen molar-refractivity contribution in [3.8, 4) is 0 Å². The molecule has 1 rings (SSSR count). The van der Waals surface area contributed by atoms with E-state index in [4.69, 9.17) is 5.73 Å². The summed E-state index contributed by atoms with van der Waals surface area (Å²) in [6, 6.07) is -0.0451. The highest BCUT2D eigenvalue weighted by Gasteiger charge is 2.18. The monoisotopic (exact) mass is 211 g/mol. The van der Waals surface area contributed by atoms with Crippen LogP contribution in [0.3, 0.4) is 0 Å². The van der Waals surface area contributed by atoms with Crippen LogP contribution in [0.2, 0.25) is 0 Å². The number of hydrogen-bond donors (Lipinski definition) is 3. The highest BCUT2D eigenvalue weighted by molar-refractivity contribution is 5.90. The van der Waals surface area contributed by atoms with Gasteiger partial charge in [-0.2, -0.15) is 0 Å². The summed E-state index contributed by atoms with van der Waals surface area (Å²) in [6.45, 7) is 6.15. The zero-order valence-corrected chi connectivity index (χ0v) is 9.24. The summed E-state index contributed by atoms with van der Waals surface area (Å²) in [7, 11) is 0. The molecule has 6 nitrogen and oxygen atoms in total. The lowest BCUT2D eigenvalue weighted by Gasteiger charge is -2.19. The number of nitrogens with one attached hydrogen (secondary N) is 2. The molecule has 84 valence electrons. The fourth-order valence-electron chi connectivity index (χ4n) is 1.17. The summed E-state index contributed by atoms with van der Waals surface area (Å²) < 4.78 is 0. The topological polar surface area (TPSA) is 96.7 Å². The second kappa shape index (κ2) is 4.88. The van der Waals surface area contributed by atoms with Gasteiger partial charge in [0.2, 0.25) is 5.82 Å².